The molecule has 1 aromatic rings. The van der Waals surface area contributed by atoms with Crippen LogP contribution in [-0.2, 0) is 4.79 Å². The average molecular weight is 255 g/mol. The summed E-state index contributed by atoms with van der Waals surface area (Å²) in [7, 11) is 0. The SMILES string of the molecule is CCCC(NC(C)CCC(=O)O)c1cccs1. The maximum Gasteiger partial charge on any atom is 0.303 e. The first-order valence-electron chi connectivity index (χ1n) is 6.14. The molecule has 0 aliphatic heterocycles. The van der Waals surface area contributed by atoms with Crippen LogP contribution in [0.5, 0.6) is 0 Å². The Morgan fingerprint density at radius 1 is 1.53 bits per heavy atom. The zero-order chi connectivity index (χ0) is 12.7. The Hall–Kier alpha value is -0.870. The quantitative estimate of drug-likeness (QED) is 0.748. The lowest BCUT2D eigenvalue weighted by molar-refractivity contribution is -0.137. The van der Waals surface area contributed by atoms with Crippen molar-refractivity contribution in [3.63, 3.8) is 0 Å². The second kappa shape index (κ2) is 7.45. The molecule has 0 saturated carbocycles. The van der Waals surface area contributed by atoms with Crippen LogP contribution < -0.4 is 5.32 Å². The Morgan fingerprint density at radius 2 is 2.29 bits per heavy atom. The summed E-state index contributed by atoms with van der Waals surface area (Å²) in [5, 5.41) is 14.3. The van der Waals surface area contributed by atoms with E-state index in [0.29, 0.717) is 12.5 Å². The maximum absolute atomic E-state index is 10.5. The van der Waals surface area contributed by atoms with Crippen LogP contribution in [0.2, 0.25) is 0 Å². The molecule has 0 saturated heterocycles. The molecular weight excluding hydrogens is 234 g/mol. The van der Waals surface area contributed by atoms with Gasteiger partial charge < -0.3 is 10.4 Å². The minimum absolute atomic E-state index is 0.234. The van der Waals surface area contributed by atoms with Gasteiger partial charge in [-0.25, -0.2) is 0 Å². The van der Waals surface area contributed by atoms with Crippen LogP contribution in [0.15, 0.2) is 17.5 Å². The molecule has 1 heterocycles. The van der Waals surface area contributed by atoms with E-state index in [4.69, 9.17) is 5.11 Å². The summed E-state index contributed by atoms with van der Waals surface area (Å²) < 4.78 is 0. The number of hydrogen-bond donors (Lipinski definition) is 2. The van der Waals surface area contributed by atoms with Crippen molar-refractivity contribution in [2.24, 2.45) is 0 Å². The van der Waals surface area contributed by atoms with Gasteiger partial charge in [-0.2, -0.15) is 0 Å². The smallest absolute Gasteiger partial charge is 0.303 e. The molecule has 0 aromatic carbocycles. The van der Waals surface area contributed by atoms with Crippen molar-refractivity contribution in [1.82, 2.24) is 5.32 Å². The standard InChI is InChI=1S/C13H21NO2S/c1-3-5-11(12-6-4-9-17-12)14-10(2)7-8-13(15)16/h4,6,9-11,14H,3,5,7-8H2,1-2H3,(H,15,16). The third-order valence-corrected chi connectivity index (χ3v) is 3.73. The Bertz CT molecular complexity index is 324. The maximum atomic E-state index is 10.5. The molecule has 4 heteroatoms. The highest BCUT2D eigenvalue weighted by atomic mass is 32.1. The van der Waals surface area contributed by atoms with E-state index in [1.807, 2.05) is 0 Å². The predicted molar refractivity (Wildman–Crippen MR) is 71.4 cm³/mol. The largest absolute Gasteiger partial charge is 0.481 e. The minimum Gasteiger partial charge on any atom is -0.481 e. The lowest BCUT2D eigenvalue weighted by atomic mass is 10.1. The summed E-state index contributed by atoms with van der Waals surface area (Å²) >= 11 is 1.76. The number of hydrogen-bond acceptors (Lipinski definition) is 3. The molecule has 0 aliphatic carbocycles. The average Bonchev–Trinajstić information content (AvgIpc) is 2.79. The second-order valence-corrected chi connectivity index (χ2v) is 5.34. The number of aliphatic carboxylic acids is 1. The van der Waals surface area contributed by atoms with E-state index in [2.05, 4.69) is 36.7 Å². The molecule has 0 bridgehead atoms. The van der Waals surface area contributed by atoms with Gasteiger partial charge in [0.05, 0.1) is 0 Å². The third-order valence-electron chi connectivity index (χ3n) is 2.74. The molecule has 0 aliphatic rings. The summed E-state index contributed by atoms with van der Waals surface area (Å²) in [5.74, 6) is -0.721. The Balaban J connectivity index is 2.46. The van der Waals surface area contributed by atoms with Gasteiger partial charge in [-0.1, -0.05) is 19.4 Å². The Labute approximate surface area is 107 Å². The molecule has 1 aromatic heterocycles. The van der Waals surface area contributed by atoms with E-state index in [0.717, 1.165) is 12.8 Å². The molecule has 0 spiro atoms. The van der Waals surface area contributed by atoms with Gasteiger partial charge in [0.2, 0.25) is 0 Å². The third kappa shape index (κ3) is 5.33. The van der Waals surface area contributed by atoms with Crippen LogP contribution in [0.3, 0.4) is 0 Å². The van der Waals surface area contributed by atoms with Gasteiger partial charge in [0.1, 0.15) is 0 Å². The minimum atomic E-state index is -0.721. The van der Waals surface area contributed by atoms with Gasteiger partial charge in [0.15, 0.2) is 0 Å². The molecule has 96 valence electrons. The molecule has 2 N–H and O–H groups in total. The van der Waals surface area contributed by atoms with Gasteiger partial charge in [0.25, 0.3) is 0 Å². The van der Waals surface area contributed by atoms with Gasteiger partial charge in [-0.3, -0.25) is 4.79 Å². The van der Waals surface area contributed by atoms with Crippen LogP contribution in [0.25, 0.3) is 0 Å². The lowest BCUT2D eigenvalue weighted by Crippen LogP contribution is -2.30. The van der Waals surface area contributed by atoms with Crippen LogP contribution >= 0.6 is 11.3 Å². The molecule has 2 unspecified atom stereocenters. The molecule has 0 amide bonds. The summed E-state index contributed by atoms with van der Waals surface area (Å²) in [6, 6.07) is 4.81. The van der Waals surface area contributed by atoms with Crippen molar-refractivity contribution in [1.29, 1.82) is 0 Å². The monoisotopic (exact) mass is 255 g/mol. The summed E-state index contributed by atoms with van der Waals surface area (Å²) in [6.07, 6.45) is 3.14. The van der Waals surface area contributed by atoms with Gasteiger partial charge in [-0.15, -0.1) is 11.3 Å². The molecule has 3 nitrogen and oxygen atoms in total. The van der Waals surface area contributed by atoms with E-state index in [9.17, 15) is 4.79 Å². The van der Waals surface area contributed by atoms with Crippen molar-refractivity contribution in [2.45, 2.75) is 51.6 Å². The first kappa shape index (κ1) is 14.2. The molecular formula is C13H21NO2S. The number of nitrogens with one attached hydrogen (secondary N) is 1. The normalized spacial score (nSPS) is 14.5. The first-order valence-corrected chi connectivity index (χ1v) is 7.02. The van der Waals surface area contributed by atoms with E-state index in [-0.39, 0.29) is 12.5 Å². The molecule has 2 atom stereocenters. The highest BCUT2D eigenvalue weighted by molar-refractivity contribution is 7.10. The number of rotatable bonds is 8. The fraction of sp³-hybridized carbons (Fsp3) is 0.615. The second-order valence-electron chi connectivity index (χ2n) is 4.36. The van der Waals surface area contributed by atoms with Gasteiger partial charge >= 0.3 is 5.97 Å². The summed E-state index contributed by atoms with van der Waals surface area (Å²) in [6.45, 7) is 4.23. The van der Waals surface area contributed by atoms with E-state index in [1.54, 1.807) is 11.3 Å². The zero-order valence-corrected chi connectivity index (χ0v) is 11.3. The van der Waals surface area contributed by atoms with Crippen LogP contribution in [0, 0.1) is 0 Å². The molecule has 17 heavy (non-hydrogen) atoms. The van der Waals surface area contributed by atoms with Crippen molar-refractivity contribution in [3.05, 3.63) is 22.4 Å². The molecule has 1 rings (SSSR count). The predicted octanol–water partition coefficient (Wildman–Crippen LogP) is 3.43. The number of carboxylic acid groups (broad SMARTS) is 1. The summed E-state index contributed by atoms with van der Waals surface area (Å²) in [4.78, 5) is 11.9. The van der Waals surface area contributed by atoms with Gasteiger partial charge in [-0.05, 0) is 31.2 Å². The Morgan fingerprint density at radius 3 is 2.82 bits per heavy atom. The number of carbonyl (C=O) groups is 1. The van der Waals surface area contributed by atoms with E-state index >= 15 is 0 Å². The highest BCUT2D eigenvalue weighted by Crippen LogP contribution is 2.24. The molecule has 0 radical (unpaired) electrons. The van der Waals surface area contributed by atoms with E-state index < -0.39 is 5.97 Å². The van der Waals surface area contributed by atoms with Gasteiger partial charge in [0, 0.05) is 23.4 Å². The first-order chi connectivity index (χ1) is 8.13. The number of carboxylic acids is 1. The van der Waals surface area contributed by atoms with Crippen LogP contribution in [0.1, 0.15) is 50.4 Å². The van der Waals surface area contributed by atoms with Crippen LogP contribution in [-0.4, -0.2) is 17.1 Å². The molecule has 0 fully saturated rings. The Kier molecular flexibility index (Phi) is 6.22. The lowest BCUT2D eigenvalue weighted by Gasteiger charge is -2.21. The fourth-order valence-electron chi connectivity index (χ4n) is 1.85. The van der Waals surface area contributed by atoms with Crippen molar-refractivity contribution >= 4 is 17.3 Å². The van der Waals surface area contributed by atoms with Crippen molar-refractivity contribution in [3.8, 4) is 0 Å². The van der Waals surface area contributed by atoms with Crippen molar-refractivity contribution in [2.75, 3.05) is 0 Å². The topological polar surface area (TPSA) is 49.3 Å². The highest BCUT2D eigenvalue weighted by Gasteiger charge is 2.14. The van der Waals surface area contributed by atoms with E-state index in [1.165, 1.54) is 4.88 Å². The number of thiophene rings is 1. The van der Waals surface area contributed by atoms with Crippen molar-refractivity contribution < 1.29 is 9.90 Å². The van der Waals surface area contributed by atoms with Crippen LogP contribution in [0.4, 0.5) is 0 Å². The summed E-state index contributed by atoms with van der Waals surface area (Å²) in [5.41, 5.74) is 0. The fourth-order valence-corrected chi connectivity index (χ4v) is 2.67. The zero-order valence-electron chi connectivity index (χ0n) is 10.5.